The lowest BCUT2D eigenvalue weighted by atomic mass is 10.0. The lowest BCUT2D eigenvalue weighted by molar-refractivity contribution is -0.127. The van der Waals surface area contributed by atoms with E-state index in [0.717, 1.165) is 22.0 Å². The van der Waals surface area contributed by atoms with Crippen LogP contribution in [-0.4, -0.2) is 40.8 Å². The Hall–Kier alpha value is -4.76. The van der Waals surface area contributed by atoms with Crippen LogP contribution in [0.5, 0.6) is 0 Å². The molecule has 0 fully saturated rings. The summed E-state index contributed by atoms with van der Waals surface area (Å²) in [6.45, 7) is 0. The number of hydrogen-bond acceptors (Lipinski definition) is 5. The van der Waals surface area contributed by atoms with Crippen LogP contribution < -0.4 is 21.5 Å². The van der Waals surface area contributed by atoms with Gasteiger partial charge in [-0.25, -0.2) is 10.8 Å². The van der Waals surface area contributed by atoms with Crippen molar-refractivity contribution in [3.8, 4) is 0 Å². The number of hydrazine groups is 1. The second kappa shape index (κ2) is 11.8. The minimum Gasteiger partial charge on any atom is -0.351 e. The summed E-state index contributed by atoms with van der Waals surface area (Å²) in [7, 11) is 1.68. The second-order valence-electron chi connectivity index (χ2n) is 8.51. The number of carbonyl (C=O) groups excluding carboxylic acids is 3. The third-order valence-electron chi connectivity index (χ3n) is 6.01. The van der Waals surface area contributed by atoms with Crippen molar-refractivity contribution in [3.05, 3.63) is 102 Å². The van der Waals surface area contributed by atoms with E-state index in [2.05, 4.69) is 20.7 Å². The molecule has 0 saturated heterocycles. The summed E-state index contributed by atoms with van der Waals surface area (Å²) >= 11 is 0. The normalized spacial score (nSPS) is 12.1. The van der Waals surface area contributed by atoms with Crippen LogP contribution in [0, 0.1) is 0 Å². The number of aromatic nitrogens is 2. The molecule has 4 aromatic rings. The maximum absolute atomic E-state index is 13.4. The van der Waals surface area contributed by atoms with E-state index in [4.69, 9.17) is 5.84 Å². The highest BCUT2D eigenvalue weighted by Crippen LogP contribution is 2.27. The zero-order valence-corrected chi connectivity index (χ0v) is 20.3. The summed E-state index contributed by atoms with van der Waals surface area (Å²) < 4.78 is 0. The average molecular weight is 497 g/mol. The highest BCUT2D eigenvalue weighted by molar-refractivity contribution is 6.09. The first-order valence-corrected chi connectivity index (χ1v) is 11.7. The fraction of sp³-hybridized carbons (Fsp3) is 0.143. The van der Waals surface area contributed by atoms with Crippen LogP contribution in [0.1, 0.15) is 17.7 Å². The Balaban J connectivity index is 1.60. The number of rotatable bonds is 9. The van der Waals surface area contributed by atoms with Crippen LogP contribution in [0.15, 0.2) is 90.9 Å². The number of H-pyrrole nitrogens is 1. The number of fused-ring (bicyclic) bond motifs is 1. The molecule has 3 aromatic carbocycles. The van der Waals surface area contributed by atoms with Crippen molar-refractivity contribution in [2.24, 2.45) is 5.84 Å². The number of aromatic amines is 1. The highest BCUT2D eigenvalue weighted by Gasteiger charge is 2.25. The van der Waals surface area contributed by atoms with Crippen molar-refractivity contribution in [1.82, 2.24) is 20.7 Å². The third-order valence-corrected chi connectivity index (χ3v) is 6.01. The van der Waals surface area contributed by atoms with Crippen LogP contribution in [0.3, 0.4) is 0 Å². The number of nitrogens with one attached hydrogen (secondary N) is 3. The van der Waals surface area contributed by atoms with E-state index in [1.165, 1.54) is 6.33 Å². The van der Waals surface area contributed by atoms with E-state index in [1.54, 1.807) is 24.2 Å². The van der Waals surface area contributed by atoms with Gasteiger partial charge in [-0.1, -0.05) is 66.7 Å². The molecular formula is C28H28N6O3. The Morgan fingerprint density at radius 1 is 1.03 bits per heavy atom. The molecule has 0 bridgehead atoms. The summed E-state index contributed by atoms with van der Waals surface area (Å²) in [5.74, 6) is 3.95. The van der Waals surface area contributed by atoms with Crippen molar-refractivity contribution in [1.29, 1.82) is 0 Å². The van der Waals surface area contributed by atoms with Gasteiger partial charge in [-0.05, 0) is 23.1 Å². The lowest BCUT2D eigenvalue weighted by Gasteiger charge is -2.21. The molecule has 0 saturated carbocycles. The van der Waals surface area contributed by atoms with Crippen molar-refractivity contribution in [3.63, 3.8) is 0 Å². The average Bonchev–Trinajstić information content (AvgIpc) is 3.44. The van der Waals surface area contributed by atoms with Gasteiger partial charge in [0.15, 0.2) is 0 Å². The van der Waals surface area contributed by atoms with Gasteiger partial charge in [-0.2, -0.15) is 0 Å². The Bertz CT molecular complexity index is 1410. The molecule has 0 radical (unpaired) electrons. The molecule has 0 unspecified atom stereocenters. The Kier molecular flexibility index (Phi) is 8.07. The SMILES string of the molecule is CN(C(=O)CC(=Cc1ccccc1)C(=O)N[C@@H](Cc1c[nH]cn1)C(=O)NN)c1cccc2ccccc12. The van der Waals surface area contributed by atoms with E-state index in [9.17, 15) is 14.4 Å². The first-order valence-electron chi connectivity index (χ1n) is 11.7. The molecule has 1 heterocycles. The van der Waals surface area contributed by atoms with Gasteiger partial charge in [0.25, 0.3) is 5.91 Å². The van der Waals surface area contributed by atoms with Crippen LogP contribution in [0.4, 0.5) is 5.69 Å². The van der Waals surface area contributed by atoms with Crippen molar-refractivity contribution < 1.29 is 14.4 Å². The van der Waals surface area contributed by atoms with Crippen molar-refractivity contribution in [2.45, 2.75) is 18.9 Å². The Labute approximate surface area is 214 Å². The maximum Gasteiger partial charge on any atom is 0.256 e. The number of imidazole rings is 1. The Morgan fingerprint density at radius 3 is 2.49 bits per heavy atom. The molecule has 9 nitrogen and oxygen atoms in total. The molecule has 1 atom stereocenters. The molecule has 3 amide bonds. The molecular weight excluding hydrogens is 468 g/mol. The monoisotopic (exact) mass is 496 g/mol. The predicted molar refractivity (Wildman–Crippen MR) is 143 cm³/mol. The minimum absolute atomic E-state index is 0.126. The first kappa shape index (κ1) is 25.3. The summed E-state index contributed by atoms with van der Waals surface area (Å²) in [4.78, 5) is 47.7. The van der Waals surface area contributed by atoms with Gasteiger partial charge in [0.2, 0.25) is 11.8 Å². The third kappa shape index (κ3) is 6.28. The second-order valence-corrected chi connectivity index (χ2v) is 8.51. The van der Waals surface area contributed by atoms with Gasteiger partial charge in [0.05, 0.1) is 24.1 Å². The topological polar surface area (TPSA) is 133 Å². The first-order chi connectivity index (χ1) is 18.0. The standard InChI is InChI=1S/C28H28N6O3/c1-34(25-13-7-11-20-10-5-6-12-23(20)25)26(35)15-21(14-19-8-3-2-4-9-19)27(36)32-24(28(37)33-29)16-22-17-30-18-31-22/h2-14,17-18,24H,15-16,29H2,1H3,(H,30,31)(H,32,36)(H,33,37)/t24-/m0/s1. The number of anilines is 1. The number of carbonyl (C=O) groups is 3. The number of nitrogens with two attached hydrogens (primary N) is 1. The zero-order chi connectivity index (χ0) is 26.2. The zero-order valence-electron chi connectivity index (χ0n) is 20.3. The summed E-state index contributed by atoms with van der Waals surface area (Å²) in [6.07, 6.45) is 4.71. The van der Waals surface area contributed by atoms with Gasteiger partial charge < -0.3 is 15.2 Å². The van der Waals surface area contributed by atoms with Crippen molar-refractivity contribution in [2.75, 3.05) is 11.9 Å². The van der Waals surface area contributed by atoms with Crippen LogP contribution in [0.25, 0.3) is 16.8 Å². The van der Waals surface area contributed by atoms with E-state index < -0.39 is 17.9 Å². The Morgan fingerprint density at radius 2 is 1.76 bits per heavy atom. The number of amides is 3. The molecule has 5 N–H and O–H groups in total. The minimum atomic E-state index is -0.981. The van der Waals surface area contributed by atoms with Gasteiger partial charge >= 0.3 is 0 Å². The van der Waals surface area contributed by atoms with Gasteiger partial charge in [-0.15, -0.1) is 0 Å². The van der Waals surface area contributed by atoms with Gasteiger partial charge in [0.1, 0.15) is 6.04 Å². The predicted octanol–water partition coefficient (Wildman–Crippen LogP) is 2.72. The molecule has 0 aliphatic carbocycles. The van der Waals surface area contributed by atoms with Gasteiger partial charge in [-0.3, -0.25) is 19.8 Å². The number of benzene rings is 3. The largest absolute Gasteiger partial charge is 0.351 e. The molecule has 9 heteroatoms. The van der Waals surface area contributed by atoms with Crippen molar-refractivity contribution >= 4 is 40.3 Å². The summed E-state index contributed by atoms with van der Waals surface area (Å²) in [5, 5.41) is 4.65. The van der Waals surface area contributed by atoms with Crippen LogP contribution >= 0.6 is 0 Å². The maximum atomic E-state index is 13.4. The summed E-state index contributed by atoms with van der Waals surface area (Å²) in [5.41, 5.74) is 4.36. The fourth-order valence-corrected chi connectivity index (χ4v) is 4.04. The smallest absolute Gasteiger partial charge is 0.256 e. The molecule has 0 aliphatic rings. The molecule has 4 rings (SSSR count). The molecule has 0 spiro atoms. The summed E-state index contributed by atoms with van der Waals surface area (Å²) in [6, 6.07) is 21.8. The van der Waals surface area contributed by atoms with E-state index in [0.29, 0.717) is 5.69 Å². The molecule has 188 valence electrons. The lowest BCUT2D eigenvalue weighted by Crippen LogP contribution is -2.50. The quantitative estimate of drug-likeness (QED) is 0.122. The molecule has 37 heavy (non-hydrogen) atoms. The fourth-order valence-electron chi connectivity index (χ4n) is 4.04. The van der Waals surface area contributed by atoms with E-state index in [-0.39, 0.29) is 24.3 Å². The molecule has 0 aliphatic heterocycles. The number of nitrogens with zero attached hydrogens (tertiary/aromatic N) is 2. The molecule has 1 aromatic heterocycles. The van der Waals surface area contributed by atoms with Crippen LogP contribution in [0.2, 0.25) is 0 Å². The van der Waals surface area contributed by atoms with E-state index >= 15 is 0 Å². The number of hydrogen-bond donors (Lipinski definition) is 4. The van der Waals surface area contributed by atoms with E-state index in [1.807, 2.05) is 72.8 Å². The van der Waals surface area contributed by atoms with Gasteiger partial charge in [0, 0.05) is 30.6 Å². The van der Waals surface area contributed by atoms with Crippen LogP contribution in [-0.2, 0) is 20.8 Å². The highest BCUT2D eigenvalue weighted by atomic mass is 16.2.